The Bertz CT molecular complexity index is 916. The van der Waals surface area contributed by atoms with Crippen LogP contribution in [0.1, 0.15) is 46.7 Å². The van der Waals surface area contributed by atoms with Crippen LogP contribution in [0.4, 0.5) is 5.69 Å². The third-order valence-electron chi connectivity index (χ3n) is 6.00. The number of aryl methyl sites for hydroxylation is 2. The summed E-state index contributed by atoms with van der Waals surface area (Å²) < 4.78 is 0. The van der Waals surface area contributed by atoms with Crippen molar-refractivity contribution >= 4 is 17.5 Å². The Morgan fingerprint density at radius 2 is 1.83 bits per heavy atom. The molecule has 0 radical (unpaired) electrons. The Morgan fingerprint density at radius 1 is 1.07 bits per heavy atom. The standard InChI is InChI=1S/C21H28N6O2/c1-14-10-18(26-8-6-25(7-9-26)16(3)28)11-20(23-14)17-4-5-27(13-17)21(29)19-12-22-24-15(19)2/h10-12,17H,4-9,13H2,1-3H3,(H,22,24)/t17-/m0/s1. The number of carbonyl (C=O) groups excluding carboxylic acids is 2. The summed E-state index contributed by atoms with van der Waals surface area (Å²) in [6.45, 7) is 10.1. The lowest BCUT2D eigenvalue weighted by Gasteiger charge is -2.36. The van der Waals surface area contributed by atoms with Crippen LogP contribution in [0, 0.1) is 13.8 Å². The highest BCUT2D eigenvalue weighted by Crippen LogP contribution is 2.30. The lowest BCUT2D eigenvalue weighted by Crippen LogP contribution is -2.48. The van der Waals surface area contributed by atoms with E-state index in [1.807, 2.05) is 23.6 Å². The Balaban J connectivity index is 1.46. The van der Waals surface area contributed by atoms with Gasteiger partial charge in [0.05, 0.1) is 11.8 Å². The van der Waals surface area contributed by atoms with Crippen molar-refractivity contribution < 1.29 is 9.59 Å². The molecule has 0 aliphatic carbocycles. The number of piperazine rings is 1. The molecule has 0 aromatic carbocycles. The van der Waals surface area contributed by atoms with Gasteiger partial charge >= 0.3 is 0 Å². The maximum absolute atomic E-state index is 12.8. The smallest absolute Gasteiger partial charge is 0.257 e. The maximum Gasteiger partial charge on any atom is 0.257 e. The summed E-state index contributed by atoms with van der Waals surface area (Å²) in [4.78, 5) is 35.3. The molecule has 0 unspecified atom stereocenters. The number of nitrogens with one attached hydrogen (secondary N) is 1. The molecule has 8 heteroatoms. The van der Waals surface area contributed by atoms with Gasteiger partial charge in [0.15, 0.2) is 0 Å². The van der Waals surface area contributed by atoms with E-state index in [4.69, 9.17) is 4.98 Å². The van der Waals surface area contributed by atoms with Gasteiger partial charge in [-0.05, 0) is 32.4 Å². The van der Waals surface area contributed by atoms with Crippen molar-refractivity contribution in [3.63, 3.8) is 0 Å². The Kier molecular flexibility index (Phi) is 5.25. The van der Waals surface area contributed by atoms with E-state index in [1.54, 1.807) is 13.1 Å². The van der Waals surface area contributed by atoms with Crippen LogP contribution in [0.2, 0.25) is 0 Å². The molecule has 2 aromatic rings. The van der Waals surface area contributed by atoms with E-state index >= 15 is 0 Å². The van der Waals surface area contributed by atoms with Gasteiger partial charge < -0.3 is 14.7 Å². The van der Waals surface area contributed by atoms with Crippen LogP contribution in [-0.2, 0) is 4.79 Å². The zero-order valence-electron chi connectivity index (χ0n) is 17.3. The number of hydrogen-bond donors (Lipinski definition) is 1. The summed E-state index contributed by atoms with van der Waals surface area (Å²) in [5.74, 6) is 0.412. The number of amides is 2. The Labute approximate surface area is 170 Å². The largest absolute Gasteiger partial charge is 0.368 e. The summed E-state index contributed by atoms with van der Waals surface area (Å²) in [5, 5.41) is 6.80. The average Bonchev–Trinajstić information content (AvgIpc) is 3.36. The second kappa shape index (κ2) is 7.85. The van der Waals surface area contributed by atoms with Gasteiger partial charge in [-0.15, -0.1) is 0 Å². The van der Waals surface area contributed by atoms with Crippen LogP contribution in [-0.4, -0.2) is 76.1 Å². The first-order valence-corrected chi connectivity index (χ1v) is 10.2. The molecular formula is C21H28N6O2. The molecule has 2 aliphatic rings. The lowest BCUT2D eigenvalue weighted by atomic mass is 10.0. The van der Waals surface area contributed by atoms with Crippen LogP contribution in [0.3, 0.4) is 0 Å². The number of hydrogen-bond acceptors (Lipinski definition) is 5. The summed E-state index contributed by atoms with van der Waals surface area (Å²) in [6, 6.07) is 4.28. The van der Waals surface area contributed by atoms with Gasteiger partial charge in [-0.3, -0.25) is 19.7 Å². The van der Waals surface area contributed by atoms with Crippen molar-refractivity contribution in [1.29, 1.82) is 0 Å². The fourth-order valence-electron chi connectivity index (χ4n) is 4.27. The normalized spacial score (nSPS) is 19.7. The second-order valence-electron chi connectivity index (χ2n) is 8.03. The van der Waals surface area contributed by atoms with Crippen molar-refractivity contribution in [2.75, 3.05) is 44.2 Å². The molecule has 2 fully saturated rings. The van der Waals surface area contributed by atoms with Gasteiger partial charge in [0, 0.05) is 74.9 Å². The highest BCUT2D eigenvalue weighted by atomic mass is 16.2. The SMILES string of the molecule is CC(=O)N1CCN(c2cc(C)nc([C@H]3CCN(C(=O)c4cn[nH]c4C)C3)c2)CC1. The number of aromatic nitrogens is 3. The monoisotopic (exact) mass is 396 g/mol. The highest BCUT2D eigenvalue weighted by Gasteiger charge is 2.30. The third kappa shape index (κ3) is 3.97. The number of pyridine rings is 1. The average molecular weight is 396 g/mol. The molecule has 4 rings (SSSR count). The first-order valence-electron chi connectivity index (χ1n) is 10.2. The van der Waals surface area contributed by atoms with Crippen molar-refractivity contribution in [2.24, 2.45) is 0 Å². The van der Waals surface area contributed by atoms with Gasteiger partial charge in [0.1, 0.15) is 0 Å². The van der Waals surface area contributed by atoms with Crippen molar-refractivity contribution in [3.8, 4) is 0 Å². The predicted molar refractivity (Wildman–Crippen MR) is 110 cm³/mol. The molecule has 1 atom stereocenters. The number of rotatable bonds is 3. The fourth-order valence-corrected chi connectivity index (χ4v) is 4.27. The van der Waals surface area contributed by atoms with E-state index in [-0.39, 0.29) is 17.7 Å². The summed E-state index contributed by atoms with van der Waals surface area (Å²) >= 11 is 0. The molecule has 2 aromatic heterocycles. The quantitative estimate of drug-likeness (QED) is 0.854. The zero-order valence-corrected chi connectivity index (χ0v) is 17.3. The molecular weight excluding hydrogens is 368 g/mol. The molecule has 4 heterocycles. The molecule has 8 nitrogen and oxygen atoms in total. The van der Waals surface area contributed by atoms with E-state index in [9.17, 15) is 9.59 Å². The predicted octanol–water partition coefficient (Wildman–Crippen LogP) is 1.72. The molecule has 1 N–H and O–H groups in total. The topological polar surface area (TPSA) is 85.4 Å². The number of aromatic amines is 1. The summed E-state index contributed by atoms with van der Waals surface area (Å²) in [5.41, 5.74) is 4.65. The van der Waals surface area contributed by atoms with Crippen LogP contribution in [0.15, 0.2) is 18.3 Å². The summed E-state index contributed by atoms with van der Waals surface area (Å²) in [7, 11) is 0. The number of carbonyl (C=O) groups is 2. The van der Waals surface area contributed by atoms with Crippen LogP contribution < -0.4 is 4.90 Å². The van der Waals surface area contributed by atoms with Gasteiger partial charge in [-0.25, -0.2) is 0 Å². The number of nitrogens with zero attached hydrogens (tertiary/aromatic N) is 5. The van der Waals surface area contributed by atoms with Crippen molar-refractivity contribution in [2.45, 2.75) is 33.1 Å². The van der Waals surface area contributed by atoms with Gasteiger partial charge in [0.25, 0.3) is 5.91 Å². The Hall–Kier alpha value is -2.90. The molecule has 0 bridgehead atoms. The maximum atomic E-state index is 12.8. The lowest BCUT2D eigenvalue weighted by molar-refractivity contribution is -0.129. The minimum absolute atomic E-state index is 0.0342. The molecule has 2 amide bonds. The summed E-state index contributed by atoms with van der Waals surface area (Å²) in [6.07, 6.45) is 2.52. The molecule has 0 saturated carbocycles. The number of likely N-dealkylation sites (tertiary alicyclic amines) is 1. The van der Waals surface area contributed by atoms with E-state index in [0.29, 0.717) is 12.1 Å². The van der Waals surface area contributed by atoms with E-state index < -0.39 is 0 Å². The minimum Gasteiger partial charge on any atom is -0.368 e. The number of anilines is 1. The minimum atomic E-state index is 0.0342. The van der Waals surface area contributed by atoms with Gasteiger partial charge in [-0.1, -0.05) is 0 Å². The van der Waals surface area contributed by atoms with Crippen LogP contribution in [0.5, 0.6) is 0 Å². The first-order chi connectivity index (χ1) is 13.9. The third-order valence-corrected chi connectivity index (χ3v) is 6.00. The van der Waals surface area contributed by atoms with E-state index in [1.165, 1.54) is 0 Å². The molecule has 154 valence electrons. The van der Waals surface area contributed by atoms with Gasteiger partial charge in [-0.2, -0.15) is 5.10 Å². The van der Waals surface area contributed by atoms with E-state index in [0.717, 1.165) is 61.9 Å². The zero-order chi connectivity index (χ0) is 20.5. The first kappa shape index (κ1) is 19.4. The van der Waals surface area contributed by atoms with Crippen LogP contribution >= 0.6 is 0 Å². The van der Waals surface area contributed by atoms with E-state index in [2.05, 4.69) is 27.2 Å². The molecule has 2 aliphatic heterocycles. The molecule has 2 saturated heterocycles. The fraction of sp³-hybridized carbons (Fsp3) is 0.524. The molecule has 0 spiro atoms. The molecule has 29 heavy (non-hydrogen) atoms. The number of H-pyrrole nitrogens is 1. The van der Waals surface area contributed by atoms with Crippen molar-refractivity contribution in [1.82, 2.24) is 25.0 Å². The van der Waals surface area contributed by atoms with Crippen LogP contribution in [0.25, 0.3) is 0 Å². The highest BCUT2D eigenvalue weighted by molar-refractivity contribution is 5.95. The second-order valence-corrected chi connectivity index (χ2v) is 8.03. The van der Waals surface area contributed by atoms with Crippen molar-refractivity contribution in [3.05, 3.63) is 41.0 Å². The van der Waals surface area contributed by atoms with Gasteiger partial charge in [0.2, 0.25) is 5.91 Å². The Morgan fingerprint density at radius 3 is 2.48 bits per heavy atom.